The molecule has 2 aromatic heterocycles. The maximum Gasteiger partial charge on any atom is 0.278 e. The van der Waals surface area contributed by atoms with Gasteiger partial charge in [-0.05, 0) is 0 Å². The van der Waals surface area contributed by atoms with Gasteiger partial charge in [-0.15, -0.1) is 0 Å². The number of rotatable bonds is 4. The van der Waals surface area contributed by atoms with Gasteiger partial charge < -0.3 is 14.7 Å². The Kier molecular flexibility index (Phi) is 3.14. The molecule has 0 radical (unpaired) electrons. The van der Waals surface area contributed by atoms with E-state index in [1.807, 2.05) is 0 Å². The van der Waals surface area contributed by atoms with Crippen LogP contribution < -0.4 is 5.56 Å². The van der Waals surface area contributed by atoms with Crippen LogP contribution in [0.15, 0.2) is 17.4 Å². The molecule has 0 amide bonds. The van der Waals surface area contributed by atoms with Crippen LogP contribution >= 0.6 is 0 Å². The van der Waals surface area contributed by atoms with Crippen LogP contribution in [0.3, 0.4) is 0 Å². The lowest BCUT2D eigenvalue weighted by Gasteiger charge is -2.11. The molecule has 0 fully saturated rings. The fourth-order valence-corrected chi connectivity index (χ4v) is 1.44. The first-order valence-electron chi connectivity index (χ1n) is 4.91. The van der Waals surface area contributed by atoms with Crippen molar-refractivity contribution in [1.82, 2.24) is 19.5 Å². The van der Waals surface area contributed by atoms with E-state index in [0.29, 0.717) is 0 Å². The van der Waals surface area contributed by atoms with E-state index in [0.717, 1.165) is 6.33 Å². The number of hydrogen-bond donors (Lipinski definition) is 2. The molecule has 6 nitrogen and oxygen atoms in total. The van der Waals surface area contributed by atoms with E-state index < -0.39 is 24.5 Å². The number of H-pyrrole nitrogens is 1. The van der Waals surface area contributed by atoms with Crippen molar-refractivity contribution in [3.8, 4) is 0 Å². The van der Waals surface area contributed by atoms with Gasteiger partial charge in [-0.2, -0.15) is 0 Å². The second kappa shape index (κ2) is 4.58. The van der Waals surface area contributed by atoms with Crippen LogP contribution in [0.5, 0.6) is 0 Å². The summed E-state index contributed by atoms with van der Waals surface area (Å²) in [5.41, 5.74) is -0.191. The zero-order valence-electron chi connectivity index (χ0n) is 8.68. The Morgan fingerprint density at radius 1 is 1.41 bits per heavy atom. The molecule has 0 spiro atoms. The second-order valence-corrected chi connectivity index (χ2v) is 3.52. The molecule has 0 unspecified atom stereocenters. The van der Waals surface area contributed by atoms with Crippen LogP contribution in [0, 0.1) is 0 Å². The average molecular weight is 244 g/mol. The van der Waals surface area contributed by atoms with Crippen LogP contribution in [0.4, 0.5) is 8.78 Å². The molecule has 92 valence electrons. The SMILES string of the molecule is O=c1[nH]cnc2c1ncn2C[C@@H](F)[C@@H](F)CO. The van der Waals surface area contributed by atoms with E-state index in [9.17, 15) is 13.6 Å². The van der Waals surface area contributed by atoms with Crippen LogP contribution in [-0.4, -0.2) is 43.6 Å². The van der Waals surface area contributed by atoms with E-state index in [-0.39, 0.29) is 17.7 Å². The molecule has 0 aliphatic rings. The molecule has 8 heteroatoms. The van der Waals surface area contributed by atoms with Gasteiger partial charge >= 0.3 is 0 Å². The van der Waals surface area contributed by atoms with Crippen LogP contribution in [-0.2, 0) is 6.54 Å². The highest BCUT2D eigenvalue weighted by molar-refractivity contribution is 5.68. The number of alkyl halides is 2. The highest BCUT2D eigenvalue weighted by atomic mass is 19.2. The first-order chi connectivity index (χ1) is 8.13. The maximum atomic E-state index is 13.3. The number of fused-ring (bicyclic) bond motifs is 1. The third-order valence-electron chi connectivity index (χ3n) is 2.35. The summed E-state index contributed by atoms with van der Waals surface area (Å²) in [6.45, 7) is -1.24. The zero-order chi connectivity index (χ0) is 12.4. The smallest absolute Gasteiger partial charge is 0.278 e. The summed E-state index contributed by atoms with van der Waals surface area (Å²) >= 11 is 0. The molecular formula is C9H10F2N4O2. The van der Waals surface area contributed by atoms with Crippen molar-refractivity contribution in [3.63, 3.8) is 0 Å². The molecule has 0 saturated heterocycles. The van der Waals surface area contributed by atoms with Crippen molar-refractivity contribution in [3.05, 3.63) is 23.0 Å². The minimum absolute atomic E-state index is 0.0686. The first kappa shape index (κ1) is 11.6. The van der Waals surface area contributed by atoms with Gasteiger partial charge in [-0.1, -0.05) is 0 Å². The molecule has 0 aromatic carbocycles. The Balaban J connectivity index is 2.31. The predicted molar refractivity (Wildman–Crippen MR) is 55.0 cm³/mol. The average Bonchev–Trinajstić information content (AvgIpc) is 2.73. The molecule has 0 bridgehead atoms. The number of aliphatic hydroxyl groups is 1. The number of nitrogens with one attached hydrogen (secondary N) is 1. The molecule has 2 atom stereocenters. The normalized spacial score (nSPS) is 15.0. The molecule has 17 heavy (non-hydrogen) atoms. The van der Waals surface area contributed by atoms with Crippen molar-refractivity contribution in [1.29, 1.82) is 0 Å². The predicted octanol–water partition coefficient (Wildman–Crippen LogP) is -0.212. The fraction of sp³-hybridized carbons (Fsp3) is 0.444. The monoisotopic (exact) mass is 244 g/mol. The fourth-order valence-electron chi connectivity index (χ4n) is 1.44. The number of imidazole rings is 1. The molecular weight excluding hydrogens is 234 g/mol. The highest BCUT2D eigenvalue weighted by Crippen LogP contribution is 2.10. The molecule has 2 aromatic rings. The lowest BCUT2D eigenvalue weighted by Crippen LogP contribution is -2.26. The summed E-state index contributed by atoms with van der Waals surface area (Å²) in [4.78, 5) is 21.2. The van der Waals surface area contributed by atoms with Crippen LogP contribution in [0.2, 0.25) is 0 Å². The maximum absolute atomic E-state index is 13.3. The first-order valence-corrected chi connectivity index (χ1v) is 4.91. The van der Waals surface area contributed by atoms with E-state index in [1.54, 1.807) is 0 Å². The summed E-state index contributed by atoms with van der Waals surface area (Å²) in [5.74, 6) is 0. The number of nitrogens with zero attached hydrogens (tertiary/aromatic N) is 3. The van der Waals surface area contributed by atoms with Gasteiger partial charge in [-0.3, -0.25) is 4.79 Å². The van der Waals surface area contributed by atoms with E-state index in [4.69, 9.17) is 5.11 Å². The van der Waals surface area contributed by atoms with Crippen LogP contribution in [0.1, 0.15) is 0 Å². The second-order valence-electron chi connectivity index (χ2n) is 3.52. The molecule has 0 aliphatic carbocycles. The minimum Gasteiger partial charge on any atom is -0.393 e. The standard InChI is InChI=1S/C9H10F2N4O2/c10-5(6(11)2-16)1-15-4-14-7-8(15)12-3-13-9(7)17/h3-6,16H,1-2H2,(H,12,13,17)/t5-,6+/m1/s1. The van der Waals surface area contributed by atoms with Crippen molar-refractivity contribution in [2.45, 2.75) is 18.9 Å². The van der Waals surface area contributed by atoms with Crippen molar-refractivity contribution >= 4 is 11.2 Å². The van der Waals surface area contributed by atoms with Gasteiger partial charge in [0.15, 0.2) is 23.5 Å². The Hall–Kier alpha value is -1.83. The Labute approximate surface area is 93.9 Å². The third kappa shape index (κ3) is 2.16. The quantitative estimate of drug-likeness (QED) is 0.779. The summed E-state index contributed by atoms with van der Waals surface area (Å²) in [5, 5.41) is 8.48. The van der Waals surface area contributed by atoms with Gasteiger partial charge in [0.2, 0.25) is 0 Å². The zero-order valence-corrected chi connectivity index (χ0v) is 8.68. The molecule has 2 N–H and O–H groups in total. The van der Waals surface area contributed by atoms with Gasteiger partial charge in [0.1, 0.15) is 0 Å². The van der Waals surface area contributed by atoms with Crippen LogP contribution in [0.25, 0.3) is 11.2 Å². The van der Waals surface area contributed by atoms with Gasteiger partial charge in [0, 0.05) is 0 Å². The van der Waals surface area contributed by atoms with E-state index in [2.05, 4.69) is 15.0 Å². The summed E-state index contributed by atoms with van der Waals surface area (Å²) in [6.07, 6.45) is -1.47. The number of hydrogen-bond acceptors (Lipinski definition) is 4. The van der Waals surface area contributed by atoms with Gasteiger partial charge in [0.05, 0.1) is 25.8 Å². The Morgan fingerprint density at radius 2 is 2.18 bits per heavy atom. The number of aromatic nitrogens is 4. The molecule has 2 heterocycles. The lowest BCUT2D eigenvalue weighted by atomic mass is 10.2. The van der Waals surface area contributed by atoms with Gasteiger partial charge in [0.25, 0.3) is 5.56 Å². The highest BCUT2D eigenvalue weighted by Gasteiger charge is 2.21. The summed E-state index contributed by atoms with van der Waals surface area (Å²) in [7, 11) is 0. The Bertz CT molecular complexity index is 567. The van der Waals surface area contributed by atoms with Gasteiger partial charge in [-0.25, -0.2) is 18.7 Å². The molecule has 0 aliphatic heterocycles. The number of aromatic amines is 1. The minimum atomic E-state index is -1.96. The number of aliphatic hydroxyl groups excluding tert-OH is 1. The lowest BCUT2D eigenvalue weighted by molar-refractivity contribution is 0.0884. The van der Waals surface area contributed by atoms with Crippen molar-refractivity contribution in [2.75, 3.05) is 6.61 Å². The largest absolute Gasteiger partial charge is 0.393 e. The topological polar surface area (TPSA) is 83.8 Å². The summed E-state index contributed by atoms with van der Waals surface area (Å²) < 4.78 is 27.4. The molecule has 2 rings (SSSR count). The van der Waals surface area contributed by atoms with E-state index in [1.165, 1.54) is 10.9 Å². The Morgan fingerprint density at radius 3 is 2.88 bits per heavy atom. The third-order valence-corrected chi connectivity index (χ3v) is 2.35. The summed E-state index contributed by atoms with van der Waals surface area (Å²) in [6, 6.07) is 0. The van der Waals surface area contributed by atoms with Crippen molar-refractivity contribution < 1.29 is 13.9 Å². The van der Waals surface area contributed by atoms with Crippen molar-refractivity contribution in [2.24, 2.45) is 0 Å². The van der Waals surface area contributed by atoms with E-state index >= 15 is 0 Å². The number of halogens is 2. The molecule has 0 saturated carbocycles.